The molecule has 0 aliphatic rings. The Balaban J connectivity index is 1.54. The molecule has 0 radical (unpaired) electrons. The lowest BCUT2D eigenvalue weighted by molar-refractivity contribution is 0.102. The van der Waals surface area contributed by atoms with E-state index < -0.39 is 0 Å². The molecule has 4 aromatic rings. The molecule has 2 heterocycles. The van der Waals surface area contributed by atoms with Crippen LogP contribution in [0.25, 0.3) is 11.5 Å². The predicted octanol–water partition coefficient (Wildman–Crippen LogP) is 5.12. The van der Waals surface area contributed by atoms with Gasteiger partial charge in [-0.2, -0.15) is 0 Å². The molecule has 158 valence electrons. The van der Waals surface area contributed by atoms with E-state index in [-0.39, 0.29) is 11.6 Å². The van der Waals surface area contributed by atoms with Gasteiger partial charge in [-0.15, -0.1) is 5.10 Å². The lowest BCUT2D eigenvalue weighted by Crippen LogP contribution is -2.15. The van der Waals surface area contributed by atoms with Crippen molar-refractivity contribution in [3.05, 3.63) is 81.5 Å². The standard InChI is InChI=1S/C23H22ClN5O2/c1-13-5-6-14(2)19(11-13)25-22(30)21-15(3)29(28-27-21)12-20-16(4)31-23(26-20)17-7-9-18(24)10-8-17/h5-11H,12H2,1-4H3,(H,25,30). The van der Waals surface area contributed by atoms with Gasteiger partial charge in [0.25, 0.3) is 5.91 Å². The molecule has 1 amide bonds. The van der Waals surface area contributed by atoms with Gasteiger partial charge in [0.15, 0.2) is 5.69 Å². The van der Waals surface area contributed by atoms with Gasteiger partial charge in [0, 0.05) is 16.3 Å². The van der Waals surface area contributed by atoms with Crippen molar-refractivity contribution in [3.8, 4) is 11.5 Å². The summed E-state index contributed by atoms with van der Waals surface area (Å²) >= 11 is 5.95. The molecule has 0 aliphatic heterocycles. The number of carbonyl (C=O) groups excluding carboxylic acids is 1. The topological polar surface area (TPSA) is 85.8 Å². The fraction of sp³-hybridized carbons (Fsp3) is 0.217. The first-order valence-electron chi connectivity index (χ1n) is 9.82. The monoisotopic (exact) mass is 435 g/mol. The third-order valence-corrected chi connectivity index (χ3v) is 5.37. The molecular formula is C23H22ClN5O2. The lowest BCUT2D eigenvalue weighted by atomic mass is 10.1. The number of hydrogen-bond donors (Lipinski definition) is 1. The zero-order chi connectivity index (χ0) is 22.1. The summed E-state index contributed by atoms with van der Waals surface area (Å²) in [6.45, 7) is 7.94. The van der Waals surface area contributed by atoms with Gasteiger partial charge in [0.05, 0.1) is 12.2 Å². The van der Waals surface area contributed by atoms with Crippen molar-refractivity contribution in [1.29, 1.82) is 0 Å². The Labute approximate surface area is 185 Å². The zero-order valence-corrected chi connectivity index (χ0v) is 18.5. The van der Waals surface area contributed by atoms with Gasteiger partial charge < -0.3 is 9.73 Å². The van der Waals surface area contributed by atoms with Crippen LogP contribution in [0.2, 0.25) is 5.02 Å². The van der Waals surface area contributed by atoms with E-state index in [1.807, 2.05) is 58.0 Å². The van der Waals surface area contributed by atoms with Crippen LogP contribution >= 0.6 is 11.6 Å². The first kappa shape index (κ1) is 20.8. The van der Waals surface area contributed by atoms with Gasteiger partial charge in [-0.1, -0.05) is 28.9 Å². The van der Waals surface area contributed by atoms with Gasteiger partial charge in [-0.05, 0) is 69.2 Å². The van der Waals surface area contributed by atoms with Crippen molar-refractivity contribution in [2.75, 3.05) is 5.32 Å². The zero-order valence-electron chi connectivity index (χ0n) is 17.7. The number of oxazole rings is 1. The number of benzene rings is 2. The van der Waals surface area contributed by atoms with E-state index in [4.69, 9.17) is 16.0 Å². The van der Waals surface area contributed by atoms with Crippen molar-refractivity contribution in [3.63, 3.8) is 0 Å². The third kappa shape index (κ3) is 4.36. The number of anilines is 1. The number of nitrogens with zero attached hydrogens (tertiary/aromatic N) is 4. The van der Waals surface area contributed by atoms with Crippen molar-refractivity contribution < 1.29 is 9.21 Å². The SMILES string of the molecule is Cc1ccc(C)c(NC(=O)c2nnn(Cc3nc(-c4ccc(Cl)cc4)oc3C)c2C)c1. The van der Waals surface area contributed by atoms with E-state index >= 15 is 0 Å². The average molecular weight is 436 g/mol. The van der Waals surface area contributed by atoms with Crippen molar-refractivity contribution >= 4 is 23.2 Å². The number of aryl methyl sites for hydroxylation is 3. The summed E-state index contributed by atoms with van der Waals surface area (Å²) in [5, 5.41) is 11.8. The highest BCUT2D eigenvalue weighted by Gasteiger charge is 2.19. The molecule has 31 heavy (non-hydrogen) atoms. The van der Waals surface area contributed by atoms with Crippen LogP contribution in [0.1, 0.15) is 38.8 Å². The summed E-state index contributed by atoms with van der Waals surface area (Å²) < 4.78 is 7.46. The molecule has 0 bridgehead atoms. The molecular weight excluding hydrogens is 414 g/mol. The molecule has 8 heteroatoms. The fourth-order valence-corrected chi connectivity index (χ4v) is 3.33. The van der Waals surface area contributed by atoms with Gasteiger partial charge in [0.1, 0.15) is 11.5 Å². The highest BCUT2D eigenvalue weighted by molar-refractivity contribution is 6.30. The Bertz CT molecular complexity index is 1260. The maximum atomic E-state index is 12.8. The molecule has 0 unspecified atom stereocenters. The largest absolute Gasteiger partial charge is 0.441 e. The summed E-state index contributed by atoms with van der Waals surface area (Å²) in [5.74, 6) is 0.896. The second-order valence-electron chi connectivity index (χ2n) is 7.48. The van der Waals surface area contributed by atoms with Crippen LogP contribution in [-0.4, -0.2) is 25.9 Å². The first-order chi connectivity index (χ1) is 14.8. The molecule has 0 saturated heterocycles. The van der Waals surface area contributed by atoms with Crippen molar-refractivity contribution in [1.82, 2.24) is 20.0 Å². The predicted molar refractivity (Wildman–Crippen MR) is 119 cm³/mol. The fourth-order valence-electron chi connectivity index (χ4n) is 3.20. The third-order valence-electron chi connectivity index (χ3n) is 5.12. The van der Waals surface area contributed by atoms with E-state index in [2.05, 4.69) is 20.6 Å². The van der Waals surface area contributed by atoms with Crippen molar-refractivity contribution in [2.24, 2.45) is 0 Å². The Morgan fingerprint density at radius 2 is 1.84 bits per heavy atom. The van der Waals surface area contributed by atoms with E-state index in [1.54, 1.807) is 16.8 Å². The minimum Gasteiger partial charge on any atom is -0.441 e. The molecule has 1 N–H and O–H groups in total. The Hall–Kier alpha value is -3.45. The normalized spacial score (nSPS) is 11.0. The highest BCUT2D eigenvalue weighted by atomic mass is 35.5. The number of amides is 1. The second-order valence-corrected chi connectivity index (χ2v) is 7.92. The summed E-state index contributed by atoms with van der Waals surface area (Å²) in [4.78, 5) is 17.4. The molecule has 0 spiro atoms. The van der Waals surface area contributed by atoms with Crippen LogP contribution in [0, 0.1) is 27.7 Å². The molecule has 4 rings (SSSR count). The molecule has 0 saturated carbocycles. The average Bonchev–Trinajstić information content (AvgIpc) is 3.28. The van der Waals surface area contributed by atoms with E-state index in [9.17, 15) is 4.79 Å². The molecule has 7 nitrogen and oxygen atoms in total. The number of hydrogen-bond acceptors (Lipinski definition) is 5. The van der Waals surface area contributed by atoms with Gasteiger partial charge in [0.2, 0.25) is 5.89 Å². The molecule has 0 fully saturated rings. The van der Waals surface area contributed by atoms with Crippen LogP contribution in [0.15, 0.2) is 46.9 Å². The number of nitrogens with one attached hydrogen (secondary N) is 1. The maximum Gasteiger partial charge on any atom is 0.278 e. The minimum atomic E-state index is -0.295. The lowest BCUT2D eigenvalue weighted by Gasteiger charge is -2.08. The molecule has 2 aromatic heterocycles. The number of rotatable bonds is 5. The van der Waals surface area contributed by atoms with Crippen LogP contribution in [0.3, 0.4) is 0 Å². The summed E-state index contributed by atoms with van der Waals surface area (Å²) in [5.41, 5.74) is 5.30. The molecule has 0 atom stereocenters. The quantitative estimate of drug-likeness (QED) is 0.470. The number of halogens is 1. The molecule has 2 aromatic carbocycles. The smallest absolute Gasteiger partial charge is 0.278 e. The second kappa shape index (κ2) is 8.35. The van der Waals surface area contributed by atoms with Crippen LogP contribution < -0.4 is 5.32 Å². The Morgan fingerprint density at radius 1 is 1.10 bits per heavy atom. The minimum absolute atomic E-state index is 0.278. The molecule has 0 aliphatic carbocycles. The Kier molecular flexibility index (Phi) is 5.61. The van der Waals surface area contributed by atoms with E-state index in [0.717, 1.165) is 28.1 Å². The first-order valence-corrected chi connectivity index (χ1v) is 10.2. The van der Waals surface area contributed by atoms with E-state index in [0.29, 0.717) is 28.9 Å². The van der Waals surface area contributed by atoms with Crippen molar-refractivity contribution in [2.45, 2.75) is 34.2 Å². The highest BCUT2D eigenvalue weighted by Crippen LogP contribution is 2.24. The van der Waals surface area contributed by atoms with Crippen LogP contribution in [-0.2, 0) is 6.54 Å². The van der Waals surface area contributed by atoms with Gasteiger partial charge in [-0.3, -0.25) is 4.79 Å². The van der Waals surface area contributed by atoms with Crippen LogP contribution in [0.5, 0.6) is 0 Å². The number of carbonyl (C=O) groups is 1. The van der Waals surface area contributed by atoms with E-state index in [1.165, 1.54) is 0 Å². The van der Waals surface area contributed by atoms with Gasteiger partial charge >= 0.3 is 0 Å². The summed E-state index contributed by atoms with van der Waals surface area (Å²) in [6.07, 6.45) is 0. The summed E-state index contributed by atoms with van der Waals surface area (Å²) in [7, 11) is 0. The van der Waals surface area contributed by atoms with Crippen LogP contribution in [0.4, 0.5) is 5.69 Å². The Morgan fingerprint density at radius 3 is 2.58 bits per heavy atom. The maximum absolute atomic E-state index is 12.8. The number of aromatic nitrogens is 4. The summed E-state index contributed by atoms with van der Waals surface area (Å²) in [6, 6.07) is 13.2. The van der Waals surface area contributed by atoms with Gasteiger partial charge in [-0.25, -0.2) is 9.67 Å².